The van der Waals surface area contributed by atoms with Gasteiger partial charge in [-0.05, 0) is 32.1 Å². The lowest BCUT2D eigenvalue weighted by Crippen LogP contribution is -2.00. The second kappa shape index (κ2) is 4.77. The largest absolute Gasteiger partial charge is 0.280 e. The third-order valence-electron chi connectivity index (χ3n) is 1.83. The normalized spacial score (nSPS) is 12.3. The number of allylic oxidation sites excluding steroid dienone is 2. The van der Waals surface area contributed by atoms with Gasteiger partial charge in [-0.1, -0.05) is 19.4 Å². The van der Waals surface area contributed by atoms with Crippen LogP contribution in [0.25, 0.3) is 0 Å². The monoisotopic (exact) mass is 164 g/mol. The predicted octanol–water partition coefficient (Wildman–Crippen LogP) is 2.57. The smallest absolute Gasteiger partial charge is 0.231 e. The van der Waals surface area contributed by atoms with Crippen LogP contribution in [0.15, 0.2) is 11.1 Å². The molecular weight excluding hydrogens is 148 g/mol. The summed E-state index contributed by atoms with van der Waals surface area (Å²) in [6, 6.07) is 0. The third-order valence-corrected chi connectivity index (χ3v) is 1.83. The second-order valence-electron chi connectivity index (χ2n) is 3.48. The summed E-state index contributed by atoms with van der Waals surface area (Å²) in [5.41, 5.74) is 1.83. The van der Waals surface area contributed by atoms with Crippen molar-refractivity contribution in [3.8, 4) is 12.3 Å². The molecule has 0 amide bonds. The van der Waals surface area contributed by atoms with Crippen molar-refractivity contribution in [3.63, 3.8) is 0 Å². The van der Waals surface area contributed by atoms with Crippen molar-refractivity contribution in [1.29, 1.82) is 0 Å². The first-order valence-electron chi connectivity index (χ1n) is 4.16. The van der Waals surface area contributed by atoms with Crippen molar-refractivity contribution in [2.75, 3.05) is 0 Å². The van der Waals surface area contributed by atoms with E-state index >= 15 is 0 Å². The van der Waals surface area contributed by atoms with E-state index in [9.17, 15) is 4.79 Å². The van der Waals surface area contributed by atoms with E-state index in [0.29, 0.717) is 5.92 Å². The van der Waals surface area contributed by atoms with Gasteiger partial charge in [0.2, 0.25) is 5.78 Å². The maximum absolute atomic E-state index is 11.0. The highest BCUT2D eigenvalue weighted by atomic mass is 16.1. The molecule has 0 aliphatic carbocycles. The Kier molecular flexibility index (Phi) is 4.36. The summed E-state index contributed by atoms with van der Waals surface area (Å²) in [5.74, 6) is 2.51. The topological polar surface area (TPSA) is 17.1 Å². The zero-order valence-corrected chi connectivity index (χ0v) is 8.27. The molecule has 0 fully saturated rings. The molecular formula is C11H16O. The van der Waals surface area contributed by atoms with Gasteiger partial charge in [-0.3, -0.25) is 4.79 Å². The Bertz CT molecular complexity index is 238. The predicted molar refractivity (Wildman–Crippen MR) is 51.7 cm³/mol. The highest BCUT2D eigenvalue weighted by Crippen LogP contribution is 2.14. The lowest BCUT2D eigenvalue weighted by molar-refractivity contribution is -0.110. The molecule has 12 heavy (non-hydrogen) atoms. The molecule has 1 heteroatoms. The Morgan fingerprint density at radius 2 is 1.92 bits per heavy atom. The zero-order valence-electron chi connectivity index (χ0n) is 8.27. The van der Waals surface area contributed by atoms with Crippen molar-refractivity contribution >= 4 is 5.78 Å². The number of ketones is 1. The van der Waals surface area contributed by atoms with Crippen LogP contribution in [-0.2, 0) is 4.79 Å². The van der Waals surface area contributed by atoms with Crippen LogP contribution in [0.3, 0.4) is 0 Å². The number of rotatable bonds is 3. The van der Waals surface area contributed by atoms with E-state index in [1.54, 1.807) is 6.92 Å². The van der Waals surface area contributed by atoms with E-state index in [4.69, 9.17) is 6.42 Å². The van der Waals surface area contributed by atoms with E-state index in [1.165, 1.54) is 0 Å². The molecule has 0 aromatic carbocycles. The Labute approximate surface area is 74.9 Å². The van der Waals surface area contributed by atoms with Crippen LogP contribution in [0.4, 0.5) is 0 Å². The minimum Gasteiger partial charge on any atom is -0.280 e. The molecule has 66 valence electrons. The zero-order chi connectivity index (χ0) is 9.72. The summed E-state index contributed by atoms with van der Waals surface area (Å²) in [5, 5.41) is 0. The average molecular weight is 164 g/mol. The molecule has 0 atom stereocenters. The first kappa shape index (κ1) is 11.0. The molecule has 0 saturated carbocycles. The van der Waals surface area contributed by atoms with E-state index < -0.39 is 0 Å². The maximum Gasteiger partial charge on any atom is 0.231 e. The molecule has 0 spiro atoms. The summed E-state index contributed by atoms with van der Waals surface area (Å²) in [6.07, 6.45) is 5.95. The first-order chi connectivity index (χ1) is 5.49. The highest BCUT2D eigenvalue weighted by molar-refractivity contribution is 6.08. The fraction of sp³-hybridized carbons (Fsp3) is 0.545. The summed E-state index contributed by atoms with van der Waals surface area (Å²) >= 11 is 0. The van der Waals surface area contributed by atoms with Crippen LogP contribution in [-0.4, -0.2) is 5.78 Å². The maximum atomic E-state index is 11.0. The van der Waals surface area contributed by atoms with Gasteiger partial charge in [0.15, 0.2) is 0 Å². The van der Waals surface area contributed by atoms with Crippen molar-refractivity contribution in [2.24, 2.45) is 5.92 Å². The lowest BCUT2D eigenvalue weighted by atomic mass is 9.98. The van der Waals surface area contributed by atoms with Gasteiger partial charge in [0.05, 0.1) is 0 Å². The molecule has 0 N–H and O–H groups in total. The van der Waals surface area contributed by atoms with E-state index in [1.807, 2.05) is 6.92 Å². The quantitative estimate of drug-likeness (QED) is 0.356. The Morgan fingerprint density at radius 1 is 1.42 bits per heavy atom. The molecule has 0 bridgehead atoms. The molecule has 0 aromatic heterocycles. The van der Waals surface area contributed by atoms with Gasteiger partial charge in [0, 0.05) is 5.57 Å². The van der Waals surface area contributed by atoms with Gasteiger partial charge in [0.1, 0.15) is 0 Å². The summed E-state index contributed by atoms with van der Waals surface area (Å²) in [4.78, 5) is 11.0. The van der Waals surface area contributed by atoms with Crippen molar-refractivity contribution in [1.82, 2.24) is 0 Å². The van der Waals surface area contributed by atoms with Gasteiger partial charge in [-0.15, -0.1) is 6.42 Å². The summed E-state index contributed by atoms with van der Waals surface area (Å²) in [6.45, 7) is 8.00. The van der Waals surface area contributed by atoms with Crippen molar-refractivity contribution in [2.45, 2.75) is 34.1 Å². The van der Waals surface area contributed by atoms with Crippen LogP contribution in [0, 0.1) is 18.3 Å². The van der Waals surface area contributed by atoms with Gasteiger partial charge in [-0.25, -0.2) is 0 Å². The minimum atomic E-state index is -0.187. The van der Waals surface area contributed by atoms with Gasteiger partial charge >= 0.3 is 0 Å². The van der Waals surface area contributed by atoms with Crippen molar-refractivity contribution < 1.29 is 4.79 Å². The van der Waals surface area contributed by atoms with Crippen LogP contribution < -0.4 is 0 Å². The van der Waals surface area contributed by atoms with Gasteiger partial charge < -0.3 is 0 Å². The molecule has 0 aliphatic heterocycles. The second-order valence-corrected chi connectivity index (χ2v) is 3.48. The molecule has 0 unspecified atom stereocenters. The molecule has 0 saturated heterocycles. The molecule has 0 rings (SSSR count). The summed E-state index contributed by atoms with van der Waals surface area (Å²) in [7, 11) is 0. The fourth-order valence-electron chi connectivity index (χ4n) is 1.07. The Balaban J connectivity index is 4.49. The number of carbonyl (C=O) groups excluding carboxylic acids is 1. The van der Waals surface area contributed by atoms with E-state index in [2.05, 4.69) is 19.8 Å². The van der Waals surface area contributed by atoms with Gasteiger partial charge in [-0.2, -0.15) is 0 Å². The lowest BCUT2D eigenvalue weighted by Gasteiger charge is -2.06. The van der Waals surface area contributed by atoms with Crippen LogP contribution in [0.1, 0.15) is 34.1 Å². The minimum absolute atomic E-state index is 0.187. The first-order valence-corrected chi connectivity index (χ1v) is 4.16. The molecule has 0 aromatic rings. The number of Topliss-reactive ketones (excluding diaryl/α,β-unsaturated/α-hetero) is 1. The SMILES string of the molecule is C#CC(=O)/C(C)=C(\C)CC(C)C. The van der Waals surface area contributed by atoms with Crippen LogP contribution >= 0.6 is 0 Å². The van der Waals surface area contributed by atoms with E-state index in [-0.39, 0.29) is 5.78 Å². The number of hydrogen-bond donors (Lipinski definition) is 0. The number of carbonyl (C=O) groups is 1. The standard InChI is InChI=1S/C11H16O/c1-6-11(12)10(5)9(4)7-8(2)3/h1,8H,7H2,2-5H3/b10-9+. The third kappa shape index (κ3) is 3.39. The van der Waals surface area contributed by atoms with Crippen LogP contribution in [0.2, 0.25) is 0 Å². The fourth-order valence-corrected chi connectivity index (χ4v) is 1.07. The van der Waals surface area contributed by atoms with Crippen LogP contribution in [0.5, 0.6) is 0 Å². The van der Waals surface area contributed by atoms with E-state index in [0.717, 1.165) is 17.6 Å². The number of terminal acetylenes is 1. The molecule has 0 heterocycles. The molecule has 0 aliphatic rings. The Hall–Kier alpha value is -1.03. The number of hydrogen-bond acceptors (Lipinski definition) is 1. The summed E-state index contributed by atoms with van der Waals surface area (Å²) < 4.78 is 0. The highest BCUT2D eigenvalue weighted by Gasteiger charge is 2.05. The van der Waals surface area contributed by atoms with Gasteiger partial charge in [0.25, 0.3) is 0 Å². The van der Waals surface area contributed by atoms with Crippen molar-refractivity contribution in [3.05, 3.63) is 11.1 Å². The molecule has 0 radical (unpaired) electrons. The molecule has 1 nitrogen and oxygen atoms in total. The average Bonchev–Trinajstić information content (AvgIpc) is 2.00. The Morgan fingerprint density at radius 3 is 2.25 bits per heavy atom.